The molecule has 1 aromatic carbocycles. The van der Waals surface area contributed by atoms with Gasteiger partial charge in [0.25, 0.3) is 0 Å². The summed E-state index contributed by atoms with van der Waals surface area (Å²) in [6, 6.07) is 7.29. The van der Waals surface area contributed by atoms with Crippen molar-refractivity contribution in [1.82, 2.24) is 9.88 Å². The number of nitrogens with one attached hydrogen (secondary N) is 1. The van der Waals surface area contributed by atoms with Crippen LogP contribution in [0.1, 0.15) is 42.7 Å². The van der Waals surface area contributed by atoms with Crippen molar-refractivity contribution in [3.8, 4) is 0 Å². The van der Waals surface area contributed by atoms with Gasteiger partial charge in [-0.15, -0.1) is 0 Å². The van der Waals surface area contributed by atoms with Crippen LogP contribution in [0.4, 0.5) is 5.82 Å². The minimum atomic E-state index is 0.799. The molecular formula is C20H27N3. The maximum absolute atomic E-state index is 3.48. The second kappa shape index (κ2) is 5.27. The van der Waals surface area contributed by atoms with Crippen molar-refractivity contribution in [2.75, 3.05) is 31.1 Å². The van der Waals surface area contributed by atoms with E-state index >= 15 is 0 Å². The molecule has 0 aliphatic carbocycles. The van der Waals surface area contributed by atoms with Gasteiger partial charge in [0.2, 0.25) is 0 Å². The van der Waals surface area contributed by atoms with E-state index in [-0.39, 0.29) is 0 Å². The van der Waals surface area contributed by atoms with Crippen molar-refractivity contribution in [2.24, 2.45) is 13.0 Å². The highest BCUT2D eigenvalue weighted by molar-refractivity contribution is 5.92. The summed E-state index contributed by atoms with van der Waals surface area (Å²) in [5.41, 5.74) is 4.64. The first kappa shape index (κ1) is 13.9. The van der Waals surface area contributed by atoms with Crippen LogP contribution in [0.5, 0.6) is 0 Å². The zero-order valence-electron chi connectivity index (χ0n) is 14.1. The molecule has 3 nitrogen and oxygen atoms in total. The van der Waals surface area contributed by atoms with Crippen molar-refractivity contribution < 1.29 is 0 Å². The number of anilines is 1. The lowest BCUT2D eigenvalue weighted by molar-refractivity contribution is 0.373. The SMILES string of the molecule is Cn1c2c(c3cc(CC4CCNCC4)ccc31)C1CCN2CC1. The van der Waals surface area contributed by atoms with Crippen molar-refractivity contribution in [1.29, 1.82) is 0 Å². The molecule has 2 saturated heterocycles. The number of nitrogens with zero attached hydrogens (tertiary/aromatic N) is 2. The molecule has 6 rings (SSSR count). The molecule has 0 unspecified atom stereocenters. The Morgan fingerprint density at radius 1 is 1.09 bits per heavy atom. The number of piperidine rings is 2. The Bertz CT molecular complexity index is 731. The lowest BCUT2D eigenvalue weighted by Crippen LogP contribution is -2.39. The molecule has 2 bridgehead atoms. The summed E-state index contributed by atoms with van der Waals surface area (Å²) >= 11 is 0. The van der Waals surface area contributed by atoms with E-state index in [1.165, 1.54) is 69.6 Å². The molecule has 3 heteroatoms. The van der Waals surface area contributed by atoms with Crippen LogP contribution in [-0.2, 0) is 13.5 Å². The highest BCUT2D eigenvalue weighted by Gasteiger charge is 2.35. The highest BCUT2D eigenvalue weighted by Crippen LogP contribution is 2.47. The highest BCUT2D eigenvalue weighted by atomic mass is 15.3. The number of aromatic nitrogens is 1. The normalized spacial score (nSPS) is 22.0. The predicted molar refractivity (Wildman–Crippen MR) is 96.4 cm³/mol. The molecule has 1 N–H and O–H groups in total. The molecule has 0 atom stereocenters. The summed E-state index contributed by atoms with van der Waals surface area (Å²) in [6.07, 6.45) is 6.63. The van der Waals surface area contributed by atoms with Gasteiger partial charge in [0.1, 0.15) is 5.82 Å². The van der Waals surface area contributed by atoms with Crippen LogP contribution in [0.3, 0.4) is 0 Å². The van der Waals surface area contributed by atoms with Gasteiger partial charge in [-0.3, -0.25) is 0 Å². The molecule has 0 radical (unpaired) electrons. The van der Waals surface area contributed by atoms with E-state index in [4.69, 9.17) is 0 Å². The number of rotatable bonds is 2. The summed E-state index contributed by atoms with van der Waals surface area (Å²) < 4.78 is 2.45. The first-order chi connectivity index (χ1) is 11.3. The monoisotopic (exact) mass is 309 g/mol. The maximum Gasteiger partial charge on any atom is 0.112 e. The molecule has 122 valence electrons. The van der Waals surface area contributed by atoms with Gasteiger partial charge in [-0.1, -0.05) is 6.07 Å². The van der Waals surface area contributed by atoms with Gasteiger partial charge >= 0.3 is 0 Å². The third-order valence-corrected chi connectivity index (χ3v) is 6.46. The van der Waals surface area contributed by atoms with Crippen molar-refractivity contribution in [3.63, 3.8) is 0 Å². The quantitative estimate of drug-likeness (QED) is 0.917. The topological polar surface area (TPSA) is 20.2 Å². The molecule has 1 aromatic heterocycles. The van der Waals surface area contributed by atoms with Gasteiger partial charge in [0.05, 0.1) is 0 Å². The molecule has 0 spiro atoms. The molecule has 4 aliphatic heterocycles. The number of fused-ring (bicyclic) bond motifs is 3. The van der Waals surface area contributed by atoms with Gasteiger partial charge in [0.15, 0.2) is 0 Å². The van der Waals surface area contributed by atoms with Crippen LogP contribution in [0, 0.1) is 5.92 Å². The number of hydrogen-bond acceptors (Lipinski definition) is 2. The van der Waals surface area contributed by atoms with Crippen LogP contribution in [-0.4, -0.2) is 30.7 Å². The van der Waals surface area contributed by atoms with E-state index in [0.717, 1.165) is 11.8 Å². The molecule has 4 aliphatic rings. The van der Waals surface area contributed by atoms with E-state index in [1.807, 2.05) is 0 Å². The average Bonchev–Trinajstić information content (AvgIpc) is 2.92. The first-order valence-electron chi connectivity index (χ1n) is 9.38. The van der Waals surface area contributed by atoms with Crippen molar-refractivity contribution in [3.05, 3.63) is 29.3 Å². The number of hydrogen-bond donors (Lipinski definition) is 1. The molecule has 5 heterocycles. The van der Waals surface area contributed by atoms with Crippen LogP contribution < -0.4 is 10.2 Å². The van der Waals surface area contributed by atoms with Crippen molar-refractivity contribution in [2.45, 2.75) is 38.0 Å². The van der Waals surface area contributed by atoms with Gasteiger partial charge in [-0.25, -0.2) is 0 Å². The third kappa shape index (κ3) is 2.13. The van der Waals surface area contributed by atoms with E-state index in [2.05, 4.69) is 40.0 Å². The Labute approximate surface area is 138 Å². The summed E-state index contributed by atoms with van der Waals surface area (Å²) in [5, 5.41) is 5.03. The van der Waals surface area contributed by atoms with Crippen LogP contribution in [0.15, 0.2) is 18.2 Å². The van der Waals surface area contributed by atoms with Gasteiger partial charge in [0, 0.05) is 36.6 Å². The molecule has 2 fully saturated rings. The fourth-order valence-corrected chi connectivity index (χ4v) is 5.22. The Kier molecular flexibility index (Phi) is 3.19. The number of aryl methyl sites for hydroxylation is 1. The van der Waals surface area contributed by atoms with Crippen LogP contribution in [0.25, 0.3) is 10.9 Å². The smallest absolute Gasteiger partial charge is 0.112 e. The van der Waals surface area contributed by atoms with E-state index < -0.39 is 0 Å². The van der Waals surface area contributed by atoms with Crippen LogP contribution in [0.2, 0.25) is 0 Å². The van der Waals surface area contributed by atoms with Gasteiger partial charge in [-0.2, -0.15) is 0 Å². The zero-order valence-corrected chi connectivity index (χ0v) is 14.1. The maximum atomic E-state index is 3.48. The fourth-order valence-electron chi connectivity index (χ4n) is 5.22. The lowest BCUT2D eigenvalue weighted by Gasteiger charge is -2.41. The largest absolute Gasteiger partial charge is 0.358 e. The summed E-state index contributed by atoms with van der Waals surface area (Å²) in [6.45, 7) is 4.91. The summed E-state index contributed by atoms with van der Waals surface area (Å²) in [7, 11) is 2.26. The standard InChI is InChI=1S/C20H27N3/c1-22-18-3-2-15(12-14-4-8-21-9-5-14)13-17(18)19-16-6-10-23(11-7-16)20(19)22/h2-3,13-14,16,21H,4-12H2,1H3. The molecule has 0 saturated carbocycles. The Hall–Kier alpha value is -1.48. The third-order valence-electron chi connectivity index (χ3n) is 6.46. The molecular weight excluding hydrogens is 282 g/mol. The molecule has 0 amide bonds. The van der Waals surface area contributed by atoms with E-state index in [0.29, 0.717) is 0 Å². The van der Waals surface area contributed by atoms with Crippen molar-refractivity contribution >= 4 is 16.7 Å². The second-order valence-electron chi connectivity index (χ2n) is 7.81. The Balaban J connectivity index is 1.56. The zero-order chi connectivity index (χ0) is 15.4. The Morgan fingerprint density at radius 2 is 1.87 bits per heavy atom. The second-order valence-corrected chi connectivity index (χ2v) is 7.81. The minimum Gasteiger partial charge on any atom is -0.358 e. The van der Waals surface area contributed by atoms with Gasteiger partial charge in [-0.05, 0) is 74.7 Å². The predicted octanol–water partition coefficient (Wildman–Crippen LogP) is 3.42. The molecule has 2 aromatic rings. The van der Waals surface area contributed by atoms with Gasteiger partial charge < -0.3 is 14.8 Å². The van der Waals surface area contributed by atoms with E-state index in [1.54, 1.807) is 16.5 Å². The molecule has 23 heavy (non-hydrogen) atoms. The fraction of sp³-hybridized carbons (Fsp3) is 0.600. The van der Waals surface area contributed by atoms with E-state index in [9.17, 15) is 0 Å². The number of benzene rings is 1. The average molecular weight is 309 g/mol. The summed E-state index contributed by atoms with van der Waals surface area (Å²) in [4.78, 5) is 2.61. The summed E-state index contributed by atoms with van der Waals surface area (Å²) in [5.74, 6) is 3.18. The minimum absolute atomic E-state index is 0.799. The first-order valence-corrected chi connectivity index (χ1v) is 9.38. The Morgan fingerprint density at radius 3 is 2.65 bits per heavy atom. The lowest BCUT2D eigenvalue weighted by atomic mass is 9.83. The van der Waals surface area contributed by atoms with Crippen LogP contribution >= 0.6 is 0 Å².